The number of rotatable bonds is 5. The number of hydrogen-bond acceptors (Lipinski definition) is 4. The molecule has 0 spiro atoms. The molecule has 0 radical (unpaired) electrons. The van der Waals surface area contributed by atoms with Crippen molar-refractivity contribution in [2.45, 2.75) is 83.0 Å². The molecule has 2 aliphatic carbocycles. The Bertz CT molecular complexity index is 417. The van der Waals surface area contributed by atoms with Gasteiger partial charge in [0.25, 0.3) is 0 Å². The molecule has 3 atom stereocenters. The normalized spacial score (nSPS) is 32.2. The first-order valence-electron chi connectivity index (χ1n) is 9.38. The molecule has 132 valence electrons. The molecule has 3 fully saturated rings. The van der Waals surface area contributed by atoms with Gasteiger partial charge in [-0.1, -0.05) is 6.42 Å². The summed E-state index contributed by atoms with van der Waals surface area (Å²) in [5.74, 6) is 0.539. The summed E-state index contributed by atoms with van der Waals surface area (Å²) in [7, 11) is 0. The van der Waals surface area contributed by atoms with E-state index in [0.717, 1.165) is 12.6 Å². The second-order valence-electron chi connectivity index (χ2n) is 8.56. The molecule has 0 aromatic carbocycles. The zero-order valence-electron chi connectivity index (χ0n) is 14.9. The Hall–Kier alpha value is -0.810. The molecule has 5 heteroatoms. The summed E-state index contributed by atoms with van der Waals surface area (Å²) in [5.41, 5.74) is -0.423. The van der Waals surface area contributed by atoms with Gasteiger partial charge in [-0.3, -0.25) is 4.90 Å². The SMILES string of the molecule is CC(C)(C)OC(=O)NCC1CCCC1NC1CCN(C2CC2)C1. The Morgan fingerprint density at radius 1 is 1.17 bits per heavy atom. The number of nitrogens with one attached hydrogen (secondary N) is 2. The third kappa shape index (κ3) is 5.08. The highest BCUT2D eigenvalue weighted by atomic mass is 16.6. The largest absolute Gasteiger partial charge is 0.444 e. The Morgan fingerprint density at radius 2 is 1.96 bits per heavy atom. The monoisotopic (exact) mass is 323 g/mol. The molecular formula is C18H33N3O2. The smallest absolute Gasteiger partial charge is 0.407 e. The zero-order chi connectivity index (χ0) is 16.4. The quantitative estimate of drug-likeness (QED) is 0.816. The van der Waals surface area contributed by atoms with Crippen LogP contribution in [0.3, 0.4) is 0 Å². The molecule has 0 bridgehead atoms. The van der Waals surface area contributed by atoms with Crippen molar-refractivity contribution in [3.05, 3.63) is 0 Å². The van der Waals surface area contributed by atoms with E-state index in [1.807, 2.05) is 20.8 Å². The second-order valence-corrected chi connectivity index (χ2v) is 8.56. The van der Waals surface area contributed by atoms with Crippen molar-refractivity contribution < 1.29 is 9.53 Å². The van der Waals surface area contributed by atoms with Crippen molar-refractivity contribution in [3.8, 4) is 0 Å². The molecule has 1 aliphatic heterocycles. The standard InChI is InChI=1S/C18H33N3O2/c1-18(2,3)23-17(22)19-11-13-5-4-6-16(13)20-14-9-10-21(12-14)15-7-8-15/h13-16,20H,4-12H2,1-3H3,(H,19,22). The van der Waals surface area contributed by atoms with Crippen LogP contribution in [0.5, 0.6) is 0 Å². The average Bonchev–Trinajstić information content (AvgIpc) is 3.04. The van der Waals surface area contributed by atoms with Gasteiger partial charge in [-0.25, -0.2) is 4.79 Å². The number of ether oxygens (including phenoxy) is 1. The summed E-state index contributed by atoms with van der Waals surface area (Å²) in [5, 5.41) is 6.84. The zero-order valence-corrected chi connectivity index (χ0v) is 14.9. The number of alkyl carbamates (subject to hydrolysis) is 1. The van der Waals surface area contributed by atoms with E-state index in [1.54, 1.807) is 0 Å². The molecule has 5 nitrogen and oxygen atoms in total. The number of hydrogen-bond donors (Lipinski definition) is 2. The van der Waals surface area contributed by atoms with Crippen LogP contribution >= 0.6 is 0 Å². The van der Waals surface area contributed by atoms with Crippen LogP contribution in [-0.2, 0) is 4.74 Å². The fourth-order valence-corrected chi connectivity index (χ4v) is 4.03. The van der Waals surface area contributed by atoms with E-state index in [1.165, 1.54) is 51.6 Å². The van der Waals surface area contributed by atoms with E-state index in [9.17, 15) is 4.79 Å². The van der Waals surface area contributed by atoms with Crippen molar-refractivity contribution in [1.29, 1.82) is 0 Å². The lowest BCUT2D eigenvalue weighted by molar-refractivity contribution is 0.0517. The van der Waals surface area contributed by atoms with Gasteiger partial charge in [0.2, 0.25) is 0 Å². The van der Waals surface area contributed by atoms with E-state index in [0.29, 0.717) is 18.0 Å². The predicted octanol–water partition coefficient (Wildman–Crippen LogP) is 2.51. The highest BCUT2D eigenvalue weighted by Gasteiger charge is 2.36. The van der Waals surface area contributed by atoms with Gasteiger partial charge in [0.15, 0.2) is 0 Å². The van der Waals surface area contributed by atoms with Gasteiger partial charge in [-0.15, -0.1) is 0 Å². The van der Waals surface area contributed by atoms with Gasteiger partial charge in [0.05, 0.1) is 0 Å². The summed E-state index contributed by atoms with van der Waals surface area (Å²) in [6.07, 6.45) is 7.49. The van der Waals surface area contributed by atoms with E-state index in [4.69, 9.17) is 4.74 Å². The number of carbonyl (C=O) groups is 1. The highest BCUT2D eigenvalue weighted by Crippen LogP contribution is 2.31. The third-order valence-corrected chi connectivity index (χ3v) is 5.30. The van der Waals surface area contributed by atoms with Crippen molar-refractivity contribution in [2.75, 3.05) is 19.6 Å². The minimum atomic E-state index is -0.423. The Morgan fingerprint density at radius 3 is 2.65 bits per heavy atom. The molecule has 3 aliphatic rings. The van der Waals surface area contributed by atoms with Crippen molar-refractivity contribution in [1.82, 2.24) is 15.5 Å². The van der Waals surface area contributed by atoms with Crippen LogP contribution in [0.2, 0.25) is 0 Å². The van der Waals surface area contributed by atoms with Crippen molar-refractivity contribution >= 4 is 6.09 Å². The van der Waals surface area contributed by atoms with Gasteiger partial charge in [0.1, 0.15) is 5.60 Å². The number of nitrogens with zero attached hydrogens (tertiary/aromatic N) is 1. The number of likely N-dealkylation sites (tertiary alicyclic amines) is 1. The molecule has 0 aromatic heterocycles. The summed E-state index contributed by atoms with van der Waals surface area (Å²) < 4.78 is 5.34. The van der Waals surface area contributed by atoms with Crippen LogP contribution in [0.15, 0.2) is 0 Å². The van der Waals surface area contributed by atoms with E-state index in [-0.39, 0.29) is 6.09 Å². The van der Waals surface area contributed by atoms with E-state index < -0.39 is 5.60 Å². The van der Waals surface area contributed by atoms with Crippen molar-refractivity contribution in [3.63, 3.8) is 0 Å². The summed E-state index contributed by atoms with van der Waals surface area (Å²) >= 11 is 0. The Labute approximate surface area is 140 Å². The number of amides is 1. The average molecular weight is 323 g/mol. The predicted molar refractivity (Wildman–Crippen MR) is 91.5 cm³/mol. The second kappa shape index (κ2) is 6.98. The molecule has 2 saturated carbocycles. The maximum atomic E-state index is 11.8. The van der Waals surface area contributed by atoms with Gasteiger partial charge in [-0.2, -0.15) is 0 Å². The molecular weight excluding hydrogens is 290 g/mol. The van der Waals surface area contributed by atoms with Crippen LogP contribution in [0.1, 0.15) is 59.3 Å². The molecule has 0 aromatic rings. The summed E-state index contributed by atoms with van der Waals surface area (Å²) in [6, 6.07) is 2.08. The van der Waals surface area contributed by atoms with Crippen LogP contribution in [0, 0.1) is 5.92 Å². The fraction of sp³-hybridized carbons (Fsp3) is 0.944. The fourth-order valence-electron chi connectivity index (χ4n) is 4.03. The minimum absolute atomic E-state index is 0.288. The molecule has 1 heterocycles. The third-order valence-electron chi connectivity index (χ3n) is 5.30. The van der Waals surface area contributed by atoms with Crippen LogP contribution < -0.4 is 10.6 Å². The van der Waals surface area contributed by atoms with Crippen LogP contribution in [-0.4, -0.2) is 54.4 Å². The first-order chi connectivity index (χ1) is 10.9. The van der Waals surface area contributed by atoms with E-state index in [2.05, 4.69) is 15.5 Å². The van der Waals surface area contributed by atoms with Gasteiger partial charge >= 0.3 is 6.09 Å². The lowest BCUT2D eigenvalue weighted by atomic mass is 10.0. The topological polar surface area (TPSA) is 53.6 Å². The lowest BCUT2D eigenvalue weighted by Gasteiger charge is -2.26. The molecule has 3 rings (SSSR count). The molecule has 1 amide bonds. The van der Waals surface area contributed by atoms with Gasteiger partial charge in [0, 0.05) is 37.8 Å². The number of carbonyl (C=O) groups excluding carboxylic acids is 1. The summed E-state index contributed by atoms with van der Waals surface area (Å²) in [4.78, 5) is 14.5. The van der Waals surface area contributed by atoms with Gasteiger partial charge in [-0.05, 0) is 58.8 Å². The van der Waals surface area contributed by atoms with Gasteiger partial charge < -0.3 is 15.4 Å². The first kappa shape index (κ1) is 17.0. The Kier molecular flexibility index (Phi) is 5.16. The van der Waals surface area contributed by atoms with Crippen LogP contribution in [0.4, 0.5) is 4.79 Å². The first-order valence-corrected chi connectivity index (χ1v) is 9.38. The maximum Gasteiger partial charge on any atom is 0.407 e. The molecule has 2 N–H and O–H groups in total. The van der Waals surface area contributed by atoms with Crippen LogP contribution in [0.25, 0.3) is 0 Å². The maximum absolute atomic E-state index is 11.8. The lowest BCUT2D eigenvalue weighted by Crippen LogP contribution is -2.45. The molecule has 23 heavy (non-hydrogen) atoms. The molecule has 1 saturated heterocycles. The molecule has 3 unspecified atom stereocenters. The summed E-state index contributed by atoms with van der Waals surface area (Å²) in [6.45, 7) is 8.91. The highest BCUT2D eigenvalue weighted by molar-refractivity contribution is 5.67. The minimum Gasteiger partial charge on any atom is -0.444 e. The van der Waals surface area contributed by atoms with E-state index >= 15 is 0 Å². The Balaban J connectivity index is 1.40. The van der Waals surface area contributed by atoms with Crippen molar-refractivity contribution in [2.24, 2.45) is 5.92 Å².